The van der Waals surface area contributed by atoms with Gasteiger partial charge in [0.15, 0.2) is 0 Å². The molecule has 0 atom stereocenters. The molecule has 100 valence electrons. The highest BCUT2D eigenvalue weighted by Crippen LogP contribution is 2.06. The first-order chi connectivity index (χ1) is 8.72. The van der Waals surface area contributed by atoms with E-state index >= 15 is 0 Å². The molecule has 0 saturated heterocycles. The molecule has 0 spiro atoms. The standard InChI is InChI=1S/C16H25NO/c1-4-5-10-18-13-16-8-6-15(7-9-16)12-17-11-14(2)3/h4-9,14,17H,10-13H2,1-3H3/b5-4+. The van der Waals surface area contributed by atoms with Crippen LogP contribution in [0.3, 0.4) is 0 Å². The molecule has 0 aliphatic rings. The van der Waals surface area contributed by atoms with Crippen LogP contribution in [-0.2, 0) is 17.9 Å². The maximum atomic E-state index is 5.51. The van der Waals surface area contributed by atoms with Gasteiger partial charge in [-0.05, 0) is 30.5 Å². The third-order valence-electron chi connectivity index (χ3n) is 2.62. The molecule has 18 heavy (non-hydrogen) atoms. The van der Waals surface area contributed by atoms with Crippen LogP contribution >= 0.6 is 0 Å². The van der Waals surface area contributed by atoms with Gasteiger partial charge in [-0.1, -0.05) is 50.3 Å². The van der Waals surface area contributed by atoms with Crippen molar-refractivity contribution >= 4 is 0 Å². The summed E-state index contributed by atoms with van der Waals surface area (Å²) in [5, 5.41) is 3.44. The van der Waals surface area contributed by atoms with Crippen molar-refractivity contribution in [3.63, 3.8) is 0 Å². The second-order valence-corrected chi connectivity index (χ2v) is 4.93. The fourth-order valence-electron chi connectivity index (χ4n) is 1.60. The van der Waals surface area contributed by atoms with Crippen molar-refractivity contribution in [2.75, 3.05) is 13.2 Å². The number of nitrogens with one attached hydrogen (secondary N) is 1. The Kier molecular flexibility index (Phi) is 7.38. The summed E-state index contributed by atoms with van der Waals surface area (Å²) in [5.41, 5.74) is 2.56. The predicted molar refractivity (Wildman–Crippen MR) is 77.5 cm³/mol. The zero-order valence-electron chi connectivity index (χ0n) is 11.8. The maximum Gasteiger partial charge on any atom is 0.0721 e. The molecule has 0 unspecified atom stereocenters. The molecule has 1 aromatic rings. The topological polar surface area (TPSA) is 21.3 Å². The Hall–Kier alpha value is -1.12. The van der Waals surface area contributed by atoms with Crippen LogP contribution in [0.2, 0.25) is 0 Å². The van der Waals surface area contributed by atoms with Crippen molar-refractivity contribution in [1.82, 2.24) is 5.32 Å². The normalized spacial score (nSPS) is 11.6. The molecule has 0 fully saturated rings. The van der Waals surface area contributed by atoms with Gasteiger partial charge in [0.1, 0.15) is 0 Å². The molecule has 0 aromatic heterocycles. The molecule has 0 aliphatic heterocycles. The van der Waals surface area contributed by atoms with Crippen LogP contribution in [0.25, 0.3) is 0 Å². The molecule has 1 N–H and O–H groups in total. The average molecular weight is 247 g/mol. The second kappa shape index (κ2) is 8.90. The van der Waals surface area contributed by atoms with Gasteiger partial charge in [0.2, 0.25) is 0 Å². The molecule has 2 nitrogen and oxygen atoms in total. The third-order valence-corrected chi connectivity index (χ3v) is 2.62. The molecule has 1 aromatic carbocycles. The first kappa shape index (κ1) is 14.9. The number of rotatable bonds is 8. The summed E-state index contributed by atoms with van der Waals surface area (Å²) in [6.45, 7) is 9.82. The highest BCUT2D eigenvalue weighted by molar-refractivity contribution is 5.21. The minimum absolute atomic E-state index is 0.685. The van der Waals surface area contributed by atoms with E-state index in [4.69, 9.17) is 4.74 Å². The summed E-state index contributed by atoms with van der Waals surface area (Å²) in [6, 6.07) is 8.62. The van der Waals surface area contributed by atoms with Crippen LogP contribution in [0.5, 0.6) is 0 Å². The lowest BCUT2D eigenvalue weighted by molar-refractivity contribution is 0.148. The van der Waals surface area contributed by atoms with Gasteiger partial charge in [-0.25, -0.2) is 0 Å². The van der Waals surface area contributed by atoms with Crippen LogP contribution < -0.4 is 5.32 Å². The fourth-order valence-corrected chi connectivity index (χ4v) is 1.60. The highest BCUT2D eigenvalue weighted by atomic mass is 16.5. The summed E-state index contributed by atoms with van der Waals surface area (Å²) in [7, 11) is 0. The quantitative estimate of drug-likeness (QED) is 0.560. The largest absolute Gasteiger partial charge is 0.373 e. The molecular formula is C16H25NO. The first-order valence-electron chi connectivity index (χ1n) is 6.69. The number of benzene rings is 1. The van der Waals surface area contributed by atoms with Crippen LogP contribution in [0.15, 0.2) is 36.4 Å². The van der Waals surface area contributed by atoms with Crippen molar-refractivity contribution < 1.29 is 4.74 Å². The Bertz CT molecular complexity index is 341. The van der Waals surface area contributed by atoms with Gasteiger partial charge in [-0.3, -0.25) is 0 Å². The van der Waals surface area contributed by atoms with Crippen molar-refractivity contribution in [1.29, 1.82) is 0 Å². The Morgan fingerprint density at radius 1 is 1.17 bits per heavy atom. The second-order valence-electron chi connectivity index (χ2n) is 4.93. The van der Waals surface area contributed by atoms with Crippen LogP contribution in [-0.4, -0.2) is 13.2 Å². The lowest BCUT2D eigenvalue weighted by Crippen LogP contribution is -2.18. The van der Waals surface area contributed by atoms with E-state index in [0.717, 1.165) is 13.1 Å². The van der Waals surface area contributed by atoms with E-state index in [1.165, 1.54) is 11.1 Å². The summed E-state index contributed by atoms with van der Waals surface area (Å²) in [6.07, 6.45) is 4.02. The van der Waals surface area contributed by atoms with Gasteiger partial charge in [-0.2, -0.15) is 0 Å². The number of hydrogen-bond acceptors (Lipinski definition) is 2. The van der Waals surface area contributed by atoms with E-state index in [1.54, 1.807) is 0 Å². The molecule has 0 radical (unpaired) electrons. The molecular weight excluding hydrogens is 222 g/mol. The van der Waals surface area contributed by atoms with Crippen LogP contribution in [0, 0.1) is 5.92 Å². The molecule has 0 amide bonds. The SMILES string of the molecule is C/C=C/COCc1ccc(CNCC(C)C)cc1. The zero-order chi connectivity index (χ0) is 13.2. The summed E-state index contributed by atoms with van der Waals surface area (Å²) >= 11 is 0. The smallest absolute Gasteiger partial charge is 0.0721 e. The predicted octanol–water partition coefficient (Wildman–Crippen LogP) is 3.52. The van der Waals surface area contributed by atoms with Crippen LogP contribution in [0.1, 0.15) is 31.9 Å². The maximum absolute atomic E-state index is 5.51. The first-order valence-corrected chi connectivity index (χ1v) is 6.69. The van der Waals surface area contributed by atoms with E-state index in [0.29, 0.717) is 19.1 Å². The van der Waals surface area contributed by atoms with Crippen molar-refractivity contribution in [2.24, 2.45) is 5.92 Å². The van der Waals surface area contributed by atoms with E-state index in [1.807, 2.05) is 19.1 Å². The lowest BCUT2D eigenvalue weighted by Gasteiger charge is -2.08. The Morgan fingerprint density at radius 2 is 1.83 bits per heavy atom. The molecule has 0 aliphatic carbocycles. The van der Waals surface area contributed by atoms with Crippen molar-refractivity contribution in [2.45, 2.75) is 33.9 Å². The minimum atomic E-state index is 0.685. The Labute approximate surface area is 111 Å². The molecule has 0 saturated carbocycles. The summed E-state index contributed by atoms with van der Waals surface area (Å²) < 4.78 is 5.51. The number of hydrogen-bond donors (Lipinski definition) is 1. The fraction of sp³-hybridized carbons (Fsp3) is 0.500. The van der Waals surface area contributed by atoms with Gasteiger partial charge in [0, 0.05) is 6.54 Å². The number of ether oxygens (including phenoxy) is 1. The highest BCUT2D eigenvalue weighted by Gasteiger charge is 1.96. The van der Waals surface area contributed by atoms with Crippen LogP contribution in [0.4, 0.5) is 0 Å². The van der Waals surface area contributed by atoms with Crippen molar-refractivity contribution in [3.8, 4) is 0 Å². The molecule has 0 heterocycles. The van der Waals surface area contributed by atoms with Gasteiger partial charge in [-0.15, -0.1) is 0 Å². The summed E-state index contributed by atoms with van der Waals surface area (Å²) in [5.74, 6) is 0.698. The number of allylic oxidation sites excluding steroid dienone is 1. The van der Waals surface area contributed by atoms with Gasteiger partial charge in [0.05, 0.1) is 13.2 Å². The Morgan fingerprint density at radius 3 is 2.44 bits per heavy atom. The third kappa shape index (κ3) is 6.58. The molecule has 0 bridgehead atoms. The van der Waals surface area contributed by atoms with E-state index in [-0.39, 0.29) is 0 Å². The van der Waals surface area contributed by atoms with Gasteiger partial charge in [0.25, 0.3) is 0 Å². The average Bonchev–Trinajstić information content (AvgIpc) is 2.36. The molecule has 2 heteroatoms. The zero-order valence-corrected chi connectivity index (χ0v) is 11.8. The van der Waals surface area contributed by atoms with E-state index < -0.39 is 0 Å². The lowest BCUT2D eigenvalue weighted by atomic mass is 10.1. The van der Waals surface area contributed by atoms with Crippen molar-refractivity contribution in [3.05, 3.63) is 47.5 Å². The minimum Gasteiger partial charge on any atom is -0.373 e. The van der Waals surface area contributed by atoms with Gasteiger partial charge < -0.3 is 10.1 Å². The Balaban J connectivity index is 2.28. The summed E-state index contributed by atoms with van der Waals surface area (Å²) in [4.78, 5) is 0. The van der Waals surface area contributed by atoms with E-state index in [9.17, 15) is 0 Å². The monoisotopic (exact) mass is 247 g/mol. The molecule has 1 rings (SSSR count). The van der Waals surface area contributed by atoms with Gasteiger partial charge >= 0.3 is 0 Å². The van der Waals surface area contributed by atoms with E-state index in [2.05, 4.69) is 43.4 Å².